The molecule has 0 aliphatic heterocycles. The van der Waals surface area contributed by atoms with E-state index in [1.165, 1.54) is 10.5 Å². The molecule has 0 aliphatic rings. The Balaban J connectivity index is 1.39. The summed E-state index contributed by atoms with van der Waals surface area (Å²) in [4.78, 5) is 29.0. The molecular formula is C25H23N3O4. The van der Waals surface area contributed by atoms with Crippen molar-refractivity contribution >= 4 is 17.2 Å². The molecule has 0 radical (unpaired) electrons. The van der Waals surface area contributed by atoms with E-state index in [0.29, 0.717) is 28.5 Å². The summed E-state index contributed by atoms with van der Waals surface area (Å²) in [5.41, 5.74) is 3.54. The fourth-order valence-electron chi connectivity index (χ4n) is 3.14. The highest BCUT2D eigenvalue weighted by Gasteiger charge is 2.08. The number of aryl methyl sites for hydroxylation is 2. The molecule has 1 N–H and O–H groups in total. The van der Waals surface area contributed by atoms with E-state index in [1.807, 2.05) is 50.2 Å². The SMILES string of the molecule is Cc1ccc(OCC(=O)Nc2ccc(C)c(OCc3cc(=O)n4ccccc4n3)c2)cc1. The minimum Gasteiger partial charge on any atom is -0.487 e. The Morgan fingerprint density at radius 3 is 2.62 bits per heavy atom. The van der Waals surface area contributed by atoms with Crippen LogP contribution in [0.2, 0.25) is 0 Å². The van der Waals surface area contributed by atoms with Gasteiger partial charge in [-0.05, 0) is 49.7 Å². The second-order valence-corrected chi connectivity index (χ2v) is 7.43. The molecule has 7 nitrogen and oxygen atoms in total. The molecule has 0 aliphatic carbocycles. The zero-order chi connectivity index (χ0) is 22.5. The van der Waals surface area contributed by atoms with Crippen molar-refractivity contribution in [3.8, 4) is 11.5 Å². The number of ether oxygens (including phenoxy) is 2. The Labute approximate surface area is 185 Å². The standard InChI is InChI=1S/C25H23N3O4/c1-17-6-10-21(11-7-17)31-16-24(29)27-19-9-8-18(2)22(13-19)32-15-20-14-25(30)28-12-4-3-5-23(28)26-20/h3-14H,15-16H2,1-2H3,(H,27,29). The summed E-state index contributed by atoms with van der Waals surface area (Å²) in [5, 5.41) is 2.81. The third-order valence-electron chi connectivity index (χ3n) is 4.86. The van der Waals surface area contributed by atoms with E-state index in [-0.39, 0.29) is 24.7 Å². The van der Waals surface area contributed by atoms with Gasteiger partial charge in [0.05, 0.1) is 5.69 Å². The van der Waals surface area contributed by atoms with Crippen LogP contribution in [0.5, 0.6) is 11.5 Å². The van der Waals surface area contributed by atoms with E-state index in [2.05, 4.69) is 10.3 Å². The van der Waals surface area contributed by atoms with Crippen LogP contribution in [0.3, 0.4) is 0 Å². The second-order valence-electron chi connectivity index (χ2n) is 7.43. The molecule has 2 heterocycles. The normalized spacial score (nSPS) is 10.7. The number of nitrogens with one attached hydrogen (secondary N) is 1. The van der Waals surface area contributed by atoms with Gasteiger partial charge in [0.1, 0.15) is 23.8 Å². The van der Waals surface area contributed by atoms with Crippen molar-refractivity contribution in [3.63, 3.8) is 0 Å². The van der Waals surface area contributed by atoms with Crippen molar-refractivity contribution in [1.29, 1.82) is 0 Å². The maximum absolute atomic E-state index is 12.3. The molecule has 0 atom stereocenters. The predicted molar refractivity (Wildman–Crippen MR) is 122 cm³/mol. The summed E-state index contributed by atoms with van der Waals surface area (Å²) < 4.78 is 12.9. The van der Waals surface area contributed by atoms with Crippen LogP contribution in [0.1, 0.15) is 16.8 Å². The molecule has 2 aromatic heterocycles. The summed E-state index contributed by atoms with van der Waals surface area (Å²) >= 11 is 0. The number of carbonyl (C=O) groups is 1. The number of fused-ring (bicyclic) bond motifs is 1. The van der Waals surface area contributed by atoms with E-state index in [0.717, 1.165) is 11.1 Å². The van der Waals surface area contributed by atoms with Crippen LogP contribution in [-0.4, -0.2) is 21.9 Å². The highest BCUT2D eigenvalue weighted by Crippen LogP contribution is 2.23. The van der Waals surface area contributed by atoms with Crippen LogP contribution in [0, 0.1) is 13.8 Å². The first kappa shape index (κ1) is 21.1. The molecule has 0 bridgehead atoms. The molecule has 4 rings (SSSR count). The smallest absolute Gasteiger partial charge is 0.262 e. The van der Waals surface area contributed by atoms with Gasteiger partial charge in [-0.25, -0.2) is 4.98 Å². The molecule has 0 saturated heterocycles. The van der Waals surface area contributed by atoms with Crippen LogP contribution >= 0.6 is 0 Å². The number of benzene rings is 2. The zero-order valence-electron chi connectivity index (χ0n) is 17.9. The molecule has 0 spiro atoms. The van der Waals surface area contributed by atoms with Crippen molar-refractivity contribution in [2.24, 2.45) is 0 Å². The number of hydrogen-bond donors (Lipinski definition) is 1. The summed E-state index contributed by atoms with van der Waals surface area (Å²) in [6.07, 6.45) is 1.67. The minimum atomic E-state index is -0.274. The van der Waals surface area contributed by atoms with Gasteiger partial charge in [0, 0.05) is 24.0 Å². The zero-order valence-corrected chi connectivity index (χ0v) is 17.9. The Morgan fingerprint density at radius 1 is 1.00 bits per heavy atom. The van der Waals surface area contributed by atoms with Gasteiger partial charge in [0.25, 0.3) is 11.5 Å². The van der Waals surface area contributed by atoms with Crippen LogP contribution in [0.4, 0.5) is 5.69 Å². The highest BCUT2D eigenvalue weighted by atomic mass is 16.5. The van der Waals surface area contributed by atoms with Gasteiger partial charge >= 0.3 is 0 Å². The number of hydrogen-bond acceptors (Lipinski definition) is 5. The van der Waals surface area contributed by atoms with Crippen molar-refractivity contribution in [3.05, 3.63) is 100 Å². The summed E-state index contributed by atoms with van der Waals surface area (Å²) in [6, 6.07) is 19.7. The average molecular weight is 429 g/mol. The Hall–Kier alpha value is -4.13. The Bertz CT molecular complexity index is 1310. The molecule has 0 fully saturated rings. The summed E-state index contributed by atoms with van der Waals surface area (Å²) in [6.45, 7) is 3.93. The molecule has 0 saturated carbocycles. The van der Waals surface area contributed by atoms with Crippen molar-refractivity contribution in [1.82, 2.24) is 9.38 Å². The molecule has 0 unspecified atom stereocenters. The first-order chi connectivity index (χ1) is 15.5. The first-order valence-electron chi connectivity index (χ1n) is 10.2. The Kier molecular flexibility index (Phi) is 6.17. The third kappa shape index (κ3) is 5.13. The fourth-order valence-corrected chi connectivity index (χ4v) is 3.14. The number of carbonyl (C=O) groups excluding carboxylic acids is 1. The third-order valence-corrected chi connectivity index (χ3v) is 4.86. The molecule has 1 amide bonds. The van der Waals surface area contributed by atoms with Gasteiger partial charge < -0.3 is 14.8 Å². The lowest BCUT2D eigenvalue weighted by molar-refractivity contribution is -0.118. The molecule has 4 aromatic rings. The lowest BCUT2D eigenvalue weighted by Crippen LogP contribution is -2.20. The number of amides is 1. The van der Waals surface area contributed by atoms with E-state index in [4.69, 9.17) is 9.47 Å². The number of nitrogens with zero attached hydrogens (tertiary/aromatic N) is 2. The lowest BCUT2D eigenvalue weighted by Gasteiger charge is -2.12. The van der Waals surface area contributed by atoms with E-state index >= 15 is 0 Å². The number of anilines is 1. The Morgan fingerprint density at radius 2 is 1.81 bits per heavy atom. The largest absolute Gasteiger partial charge is 0.487 e. The van der Waals surface area contributed by atoms with Crippen LogP contribution < -0.4 is 20.3 Å². The van der Waals surface area contributed by atoms with E-state index < -0.39 is 0 Å². The number of aromatic nitrogens is 2. The van der Waals surface area contributed by atoms with Gasteiger partial charge in [-0.3, -0.25) is 14.0 Å². The van der Waals surface area contributed by atoms with E-state index in [9.17, 15) is 9.59 Å². The quantitative estimate of drug-likeness (QED) is 0.482. The molecule has 7 heteroatoms. The molecular weight excluding hydrogens is 406 g/mol. The van der Waals surface area contributed by atoms with Gasteiger partial charge in [-0.15, -0.1) is 0 Å². The fraction of sp³-hybridized carbons (Fsp3) is 0.160. The average Bonchev–Trinajstić information content (AvgIpc) is 2.79. The maximum atomic E-state index is 12.3. The number of rotatable bonds is 7. The first-order valence-corrected chi connectivity index (χ1v) is 10.2. The molecule has 32 heavy (non-hydrogen) atoms. The monoisotopic (exact) mass is 429 g/mol. The van der Waals surface area contributed by atoms with Gasteiger partial charge in [-0.2, -0.15) is 0 Å². The topological polar surface area (TPSA) is 81.9 Å². The van der Waals surface area contributed by atoms with Crippen molar-refractivity contribution in [2.45, 2.75) is 20.5 Å². The molecule has 162 valence electrons. The van der Waals surface area contributed by atoms with Crippen molar-refractivity contribution in [2.75, 3.05) is 11.9 Å². The highest BCUT2D eigenvalue weighted by molar-refractivity contribution is 5.92. The molecule has 2 aromatic carbocycles. The second kappa shape index (κ2) is 9.34. The van der Waals surface area contributed by atoms with Gasteiger partial charge in [-0.1, -0.05) is 29.8 Å². The van der Waals surface area contributed by atoms with Gasteiger partial charge in [0.15, 0.2) is 6.61 Å². The van der Waals surface area contributed by atoms with Crippen LogP contribution in [0.15, 0.2) is 77.7 Å². The van der Waals surface area contributed by atoms with Crippen molar-refractivity contribution < 1.29 is 14.3 Å². The van der Waals surface area contributed by atoms with E-state index in [1.54, 1.807) is 30.5 Å². The number of pyridine rings is 1. The van der Waals surface area contributed by atoms with Gasteiger partial charge in [0.2, 0.25) is 0 Å². The lowest BCUT2D eigenvalue weighted by atomic mass is 10.2. The summed E-state index contributed by atoms with van der Waals surface area (Å²) in [7, 11) is 0. The minimum absolute atomic E-state index is 0.0991. The maximum Gasteiger partial charge on any atom is 0.262 e. The predicted octanol–water partition coefficient (Wildman–Crippen LogP) is 3.91. The van der Waals surface area contributed by atoms with Crippen LogP contribution in [0.25, 0.3) is 5.65 Å². The van der Waals surface area contributed by atoms with Crippen LogP contribution in [-0.2, 0) is 11.4 Å². The summed E-state index contributed by atoms with van der Waals surface area (Å²) in [5.74, 6) is 0.958.